The van der Waals surface area contributed by atoms with Gasteiger partial charge in [0.25, 0.3) is 0 Å². The summed E-state index contributed by atoms with van der Waals surface area (Å²) in [6, 6.07) is 12.1. The van der Waals surface area contributed by atoms with Gasteiger partial charge in [-0.3, -0.25) is 0 Å². The van der Waals surface area contributed by atoms with Crippen molar-refractivity contribution in [2.24, 2.45) is 0 Å². The van der Waals surface area contributed by atoms with Gasteiger partial charge in [0.15, 0.2) is 0 Å². The van der Waals surface area contributed by atoms with Gasteiger partial charge in [-0.25, -0.2) is 4.98 Å². The maximum Gasteiger partial charge on any atom is 0.573 e. The number of rotatable bonds is 8. The van der Waals surface area contributed by atoms with E-state index < -0.39 is 6.36 Å². The molecular formula is C21H20Cl2F3N5O. The van der Waals surface area contributed by atoms with Crippen molar-refractivity contribution in [3.05, 3.63) is 58.6 Å². The summed E-state index contributed by atoms with van der Waals surface area (Å²) < 4.78 is 41.9. The molecule has 11 heteroatoms. The molecule has 170 valence electrons. The van der Waals surface area contributed by atoms with Gasteiger partial charge in [0, 0.05) is 29.7 Å². The first-order valence-corrected chi connectivity index (χ1v) is 10.2. The van der Waals surface area contributed by atoms with E-state index in [9.17, 15) is 13.2 Å². The zero-order chi connectivity index (χ0) is 23.3. The van der Waals surface area contributed by atoms with E-state index in [1.807, 2.05) is 19.0 Å². The summed E-state index contributed by atoms with van der Waals surface area (Å²) in [5.74, 6) is 0.360. The number of benzene rings is 2. The number of aromatic nitrogens is 2. The molecule has 32 heavy (non-hydrogen) atoms. The summed E-state index contributed by atoms with van der Waals surface area (Å²) in [7, 11) is 3.86. The predicted octanol–water partition coefficient (Wildman–Crippen LogP) is 6.07. The summed E-state index contributed by atoms with van der Waals surface area (Å²) in [4.78, 5) is 10.9. The third-order valence-electron chi connectivity index (χ3n) is 4.13. The van der Waals surface area contributed by atoms with Crippen molar-refractivity contribution < 1.29 is 17.9 Å². The summed E-state index contributed by atoms with van der Waals surface area (Å²) in [6.07, 6.45) is -4.79. The minimum atomic E-state index is -4.79. The van der Waals surface area contributed by atoms with Crippen LogP contribution in [0, 0.1) is 0 Å². The van der Waals surface area contributed by atoms with Gasteiger partial charge in [-0.15, -0.1) is 13.2 Å². The Hall–Kier alpha value is -2.75. The third-order valence-corrected chi connectivity index (χ3v) is 4.67. The predicted molar refractivity (Wildman–Crippen MR) is 121 cm³/mol. The standard InChI is InChI=1S/C21H20Cl2F3N5O/c1-31(2)9-8-27-20-29-18(13-4-3-5-15(10-13)32-21(24,25)26)12-19(30-20)28-17-7-6-14(22)11-16(17)23/h3-7,10-12H,8-9H2,1-2H3,(H2,27,28,29,30). The molecule has 0 amide bonds. The third kappa shape index (κ3) is 7.15. The van der Waals surface area contributed by atoms with Crippen LogP contribution in [0.4, 0.5) is 30.6 Å². The number of hydrogen-bond donors (Lipinski definition) is 2. The van der Waals surface area contributed by atoms with Crippen LogP contribution in [-0.4, -0.2) is 48.4 Å². The van der Waals surface area contributed by atoms with Crippen molar-refractivity contribution in [3.63, 3.8) is 0 Å². The van der Waals surface area contributed by atoms with Crippen LogP contribution >= 0.6 is 23.2 Å². The fraction of sp³-hybridized carbons (Fsp3) is 0.238. The normalized spacial score (nSPS) is 11.5. The van der Waals surface area contributed by atoms with Crippen LogP contribution in [0.3, 0.4) is 0 Å². The molecule has 3 rings (SSSR count). The van der Waals surface area contributed by atoms with Crippen molar-refractivity contribution in [1.82, 2.24) is 14.9 Å². The van der Waals surface area contributed by atoms with Gasteiger partial charge in [0.05, 0.1) is 16.4 Å². The van der Waals surface area contributed by atoms with Gasteiger partial charge in [-0.1, -0.05) is 35.3 Å². The minimum absolute atomic E-state index is 0.305. The van der Waals surface area contributed by atoms with E-state index in [4.69, 9.17) is 23.2 Å². The van der Waals surface area contributed by atoms with Crippen LogP contribution in [-0.2, 0) is 0 Å². The number of alkyl halides is 3. The first-order valence-electron chi connectivity index (χ1n) is 9.45. The molecule has 0 spiro atoms. The number of likely N-dealkylation sites (N-methyl/N-ethyl adjacent to an activating group) is 1. The van der Waals surface area contributed by atoms with Crippen molar-refractivity contribution in [1.29, 1.82) is 0 Å². The second-order valence-electron chi connectivity index (χ2n) is 7.02. The first kappa shape index (κ1) is 23.9. The highest BCUT2D eigenvalue weighted by Gasteiger charge is 2.31. The highest BCUT2D eigenvalue weighted by molar-refractivity contribution is 6.36. The molecule has 0 unspecified atom stereocenters. The van der Waals surface area contributed by atoms with Crippen molar-refractivity contribution >= 4 is 40.7 Å². The van der Waals surface area contributed by atoms with Crippen molar-refractivity contribution in [2.45, 2.75) is 6.36 Å². The Morgan fingerprint density at radius 3 is 2.50 bits per heavy atom. The lowest BCUT2D eigenvalue weighted by atomic mass is 10.1. The van der Waals surface area contributed by atoms with E-state index in [0.717, 1.165) is 6.54 Å². The smallest absolute Gasteiger partial charge is 0.406 e. The molecule has 0 saturated heterocycles. The average molecular weight is 486 g/mol. The lowest BCUT2D eigenvalue weighted by Gasteiger charge is -2.14. The summed E-state index contributed by atoms with van der Waals surface area (Å²) in [6.45, 7) is 1.29. The maximum absolute atomic E-state index is 12.6. The molecule has 3 aromatic rings. The Morgan fingerprint density at radius 2 is 1.81 bits per heavy atom. The molecule has 1 aromatic heterocycles. The molecule has 6 nitrogen and oxygen atoms in total. The lowest BCUT2D eigenvalue weighted by molar-refractivity contribution is -0.274. The Balaban J connectivity index is 1.95. The first-order chi connectivity index (χ1) is 15.1. The van der Waals surface area contributed by atoms with E-state index in [0.29, 0.717) is 45.3 Å². The average Bonchev–Trinajstić information content (AvgIpc) is 2.69. The van der Waals surface area contributed by atoms with E-state index >= 15 is 0 Å². The molecule has 0 aliphatic rings. The SMILES string of the molecule is CN(C)CCNc1nc(Nc2ccc(Cl)cc2Cl)cc(-c2cccc(OC(F)(F)F)c2)n1. The molecule has 0 atom stereocenters. The Labute approximate surface area is 193 Å². The zero-order valence-corrected chi connectivity index (χ0v) is 18.7. The highest BCUT2D eigenvalue weighted by atomic mass is 35.5. The summed E-state index contributed by atoms with van der Waals surface area (Å²) in [5.41, 5.74) is 1.39. The quantitative estimate of drug-likeness (QED) is 0.403. The van der Waals surface area contributed by atoms with Gasteiger partial charge in [-0.05, 0) is 44.4 Å². The number of nitrogens with zero attached hydrogens (tertiary/aromatic N) is 3. The Bertz CT molecular complexity index is 1080. The molecule has 2 aromatic carbocycles. The van der Waals surface area contributed by atoms with E-state index in [1.54, 1.807) is 30.3 Å². The Morgan fingerprint density at radius 1 is 1.03 bits per heavy atom. The van der Waals surface area contributed by atoms with Crippen LogP contribution in [0.2, 0.25) is 10.0 Å². The van der Waals surface area contributed by atoms with E-state index in [-0.39, 0.29) is 5.75 Å². The molecule has 0 radical (unpaired) electrons. The second kappa shape index (κ2) is 10.2. The van der Waals surface area contributed by atoms with Gasteiger partial charge >= 0.3 is 6.36 Å². The maximum atomic E-state index is 12.6. The molecule has 0 saturated carbocycles. The second-order valence-corrected chi connectivity index (χ2v) is 7.86. The molecule has 0 fully saturated rings. The van der Waals surface area contributed by atoms with Crippen molar-refractivity contribution in [2.75, 3.05) is 37.8 Å². The number of anilines is 3. The molecule has 2 N–H and O–H groups in total. The number of nitrogens with one attached hydrogen (secondary N) is 2. The number of hydrogen-bond acceptors (Lipinski definition) is 6. The number of ether oxygens (including phenoxy) is 1. The molecular weight excluding hydrogens is 466 g/mol. The summed E-state index contributed by atoms with van der Waals surface area (Å²) in [5, 5.41) is 7.09. The summed E-state index contributed by atoms with van der Waals surface area (Å²) >= 11 is 12.2. The van der Waals surface area contributed by atoms with Crippen LogP contribution in [0.15, 0.2) is 48.5 Å². The van der Waals surface area contributed by atoms with Crippen molar-refractivity contribution in [3.8, 4) is 17.0 Å². The molecule has 0 bridgehead atoms. The van der Waals surface area contributed by atoms with Crippen LogP contribution in [0.1, 0.15) is 0 Å². The van der Waals surface area contributed by atoms with Crippen LogP contribution < -0.4 is 15.4 Å². The zero-order valence-electron chi connectivity index (χ0n) is 17.2. The monoisotopic (exact) mass is 485 g/mol. The van der Waals surface area contributed by atoms with Gasteiger partial charge in [0.1, 0.15) is 11.6 Å². The van der Waals surface area contributed by atoms with Crippen LogP contribution in [0.5, 0.6) is 5.75 Å². The van der Waals surface area contributed by atoms with E-state index in [1.165, 1.54) is 18.2 Å². The molecule has 0 aliphatic carbocycles. The molecule has 0 aliphatic heterocycles. The minimum Gasteiger partial charge on any atom is -0.406 e. The fourth-order valence-corrected chi connectivity index (χ4v) is 3.17. The lowest BCUT2D eigenvalue weighted by Crippen LogP contribution is -2.21. The highest BCUT2D eigenvalue weighted by Crippen LogP contribution is 2.31. The van der Waals surface area contributed by atoms with Gasteiger partial charge in [0.2, 0.25) is 5.95 Å². The largest absolute Gasteiger partial charge is 0.573 e. The topological polar surface area (TPSA) is 62.3 Å². The van der Waals surface area contributed by atoms with E-state index in [2.05, 4.69) is 25.3 Å². The Kier molecular flexibility index (Phi) is 7.65. The fourth-order valence-electron chi connectivity index (χ4n) is 2.71. The van der Waals surface area contributed by atoms with Crippen LogP contribution in [0.25, 0.3) is 11.3 Å². The number of halogens is 5. The van der Waals surface area contributed by atoms with Gasteiger partial charge in [-0.2, -0.15) is 4.98 Å². The molecule has 1 heterocycles. The van der Waals surface area contributed by atoms with Gasteiger partial charge < -0.3 is 20.3 Å².